The first-order chi connectivity index (χ1) is 16.1. The summed E-state index contributed by atoms with van der Waals surface area (Å²) in [6.45, 7) is 6.11. The van der Waals surface area contributed by atoms with E-state index in [9.17, 15) is 17.6 Å². The second kappa shape index (κ2) is 9.66. The van der Waals surface area contributed by atoms with Gasteiger partial charge in [-0.25, -0.2) is 32.3 Å². The number of hydrogen-bond donors (Lipinski definition) is 1. The topological polar surface area (TPSA) is 111 Å². The Labute approximate surface area is 200 Å². The van der Waals surface area contributed by atoms with Crippen LogP contribution in [0.1, 0.15) is 58.7 Å². The van der Waals surface area contributed by atoms with Crippen molar-refractivity contribution in [2.45, 2.75) is 82.5 Å². The summed E-state index contributed by atoms with van der Waals surface area (Å²) in [4.78, 5) is 22.6. The third-order valence-electron chi connectivity index (χ3n) is 7.99. The fourth-order valence-corrected chi connectivity index (χ4v) is 7.61. The lowest BCUT2D eigenvalue weighted by atomic mass is 9.85. The molecule has 0 radical (unpaired) electrons. The first-order valence-corrected chi connectivity index (χ1v) is 13.7. The second-order valence-corrected chi connectivity index (χ2v) is 11.8. The molecule has 0 spiro atoms. The molecular formula is C23H35FN4O5S. The number of likely N-dealkylation sites (tertiary alicyclic amines) is 1. The van der Waals surface area contributed by atoms with Crippen LogP contribution in [0.25, 0.3) is 0 Å². The fraction of sp³-hybridized carbons (Fsp3) is 0.783. The molecule has 1 amide bonds. The van der Waals surface area contributed by atoms with Crippen molar-refractivity contribution >= 4 is 16.1 Å². The molecule has 3 aliphatic rings. The van der Waals surface area contributed by atoms with Crippen molar-refractivity contribution in [2.24, 2.45) is 11.8 Å². The summed E-state index contributed by atoms with van der Waals surface area (Å²) in [5, 5.41) is 0. The number of carbonyl (C=O) groups excluding carboxylic acids is 1. The van der Waals surface area contributed by atoms with Crippen LogP contribution < -0.4 is 4.72 Å². The van der Waals surface area contributed by atoms with Crippen molar-refractivity contribution in [2.75, 3.05) is 19.5 Å². The van der Waals surface area contributed by atoms with Crippen LogP contribution >= 0.6 is 0 Å². The van der Waals surface area contributed by atoms with Crippen LogP contribution in [0.3, 0.4) is 0 Å². The van der Waals surface area contributed by atoms with Crippen LogP contribution in [0.5, 0.6) is 0 Å². The van der Waals surface area contributed by atoms with Gasteiger partial charge in [0.05, 0.1) is 44.0 Å². The highest BCUT2D eigenvalue weighted by atomic mass is 32.2. The van der Waals surface area contributed by atoms with Gasteiger partial charge in [-0.1, -0.05) is 13.8 Å². The average molecular weight is 499 g/mol. The standard InChI is InChI=1S/C23H35FN4O5S/c1-5-8-34(30,31)27-19-9-14(2)28(22(29)32-4)20(19)13-33-17-6-7-23(15(3)18(23)10-17)21-25-11-16(24)12-26-21/h11-12,14-15,17-20,27H,5-10,13H2,1-4H3/t14-,15+,17+,18-,19+,20+,23-/m1/s1. The molecular weight excluding hydrogens is 463 g/mol. The lowest BCUT2D eigenvalue weighted by Crippen LogP contribution is -2.50. The van der Waals surface area contributed by atoms with Gasteiger partial charge in [-0.05, 0) is 50.9 Å². The number of amides is 1. The molecule has 1 saturated heterocycles. The van der Waals surface area contributed by atoms with Crippen LogP contribution in [-0.2, 0) is 24.9 Å². The van der Waals surface area contributed by atoms with Crippen LogP contribution in [-0.4, -0.2) is 73.1 Å². The molecule has 2 heterocycles. The van der Waals surface area contributed by atoms with E-state index in [1.165, 1.54) is 19.5 Å². The molecule has 3 fully saturated rings. The summed E-state index contributed by atoms with van der Waals surface area (Å²) < 4.78 is 52.2. The summed E-state index contributed by atoms with van der Waals surface area (Å²) >= 11 is 0. The van der Waals surface area contributed by atoms with Crippen molar-refractivity contribution in [3.63, 3.8) is 0 Å². The van der Waals surface area contributed by atoms with Gasteiger partial charge in [0, 0.05) is 17.5 Å². The number of methoxy groups -OCH3 is 1. The van der Waals surface area contributed by atoms with Crippen molar-refractivity contribution in [1.29, 1.82) is 0 Å². The molecule has 1 aliphatic heterocycles. The number of fused-ring (bicyclic) bond motifs is 1. The van der Waals surface area contributed by atoms with E-state index in [0.717, 1.165) is 19.3 Å². The van der Waals surface area contributed by atoms with Crippen molar-refractivity contribution in [3.8, 4) is 0 Å². The van der Waals surface area contributed by atoms with Gasteiger partial charge in [-0.3, -0.25) is 4.90 Å². The molecule has 4 rings (SSSR count). The average Bonchev–Trinajstić information content (AvgIpc) is 3.26. The van der Waals surface area contributed by atoms with Crippen LogP contribution in [0, 0.1) is 17.7 Å². The molecule has 1 N–H and O–H groups in total. The maximum atomic E-state index is 13.3. The van der Waals surface area contributed by atoms with Gasteiger partial charge in [0.25, 0.3) is 0 Å². The normalized spacial score (nSPS) is 35.1. The number of aromatic nitrogens is 2. The largest absolute Gasteiger partial charge is 0.453 e. The van der Waals surface area contributed by atoms with Crippen molar-refractivity contribution in [1.82, 2.24) is 19.6 Å². The van der Waals surface area contributed by atoms with Crippen LogP contribution in [0.15, 0.2) is 12.4 Å². The Hall–Kier alpha value is -1.85. The Kier molecular flexibility index (Phi) is 7.17. The highest BCUT2D eigenvalue weighted by molar-refractivity contribution is 7.89. The number of ether oxygens (including phenoxy) is 2. The van der Waals surface area contributed by atoms with Gasteiger partial charge in [0.15, 0.2) is 5.82 Å². The third-order valence-corrected chi connectivity index (χ3v) is 9.59. The van der Waals surface area contributed by atoms with Crippen molar-refractivity contribution < 1.29 is 27.1 Å². The van der Waals surface area contributed by atoms with Gasteiger partial charge in [-0.15, -0.1) is 0 Å². The van der Waals surface area contributed by atoms with E-state index in [-0.39, 0.29) is 29.9 Å². The summed E-state index contributed by atoms with van der Waals surface area (Å²) in [5.74, 6) is 1.05. The number of nitrogens with one attached hydrogen (secondary N) is 1. The molecule has 0 bridgehead atoms. The summed E-state index contributed by atoms with van der Waals surface area (Å²) in [6.07, 6.45) is 5.46. The molecule has 2 aliphatic carbocycles. The molecule has 1 aromatic heterocycles. The molecule has 11 heteroatoms. The number of rotatable bonds is 8. The molecule has 1 aromatic rings. The molecule has 2 saturated carbocycles. The molecule has 190 valence electrons. The third kappa shape index (κ3) is 4.66. The molecule has 9 nitrogen and oxygen atoms in total. The summed E-state index contributed by atoms with van der Waals surface area (Å²) in [7, 11) is -2.12. The van der Waals surface area contributed by atoms with E-state index in [0.29, 0.717) is 30.5 Å². The van der Waals surface area contributed by atoms with Crippen LogP contribution in [0.4, 0.5) is 9.18 Å². The van der Waals surface area contributed by atoms with E-state index in [2.05, 4.69) is 21.6 Å². The first kappa shape index (κ1) is 25.2. The number of nitrogens with zero attached hydrogens (tertiary/aromatic N) is 3. The van der Waals surface area contributed by atoms with E-state index >= 15 is 0 Å². The minimum Gasteiger partial charge on any atom is -0.453 e. The zero-order valence-corrected chi connectivity index (χ0v) is 21.1. The number of sulfonamides is 1. The number of carbonyl (C=O) groups is 1. The summed E-state index contributed by atoms with van der Waals surface area (Å²) in [5.41, 5.74) is -0.119. The fourth-order valence-electron chi connectivity index (χ4n) is 6.24. The predicted octanol–water partition coefficient (Wildman–Crippen LogP) is 2.62. The lowest BCUT2D eigenvalue weighted by Gasteiger charge is -2.32. The molecule has 0 unspecified atom stereocenters. The molecule has 7 atom stereocenters. The number of hydrogen-bond acceptors (Lipinski definition) is 7. The Morgan fingerprint density at radius 2 is 2.00 bits per heavy atom. The van der Waals surface area contributed by atoms with E-state index in [1.807, 2.05) is 13.8 Å². The van der Waals surface area contributed by atoms with Crippen molar-refractivity contribution in [3.05, 3.63) is 24.0 Å². The van der Waals surface area contributed by atoms with Gasteiger partial charge in [-0.2, -0.15) is 0 Å². The van der Waals surface area contributed by atoms with Crippen LogP contribution in [0.2, 0.25) is 0 Å². The smallest absolute Gasteiger partial charge is 0.410 e. The zero-order chi connectivity index (χ0) is 24.7. The van der Waals surface area contributed by atoms with Gasteiger partial charge in [0.1, 0.15) is 5.82 Å². The SMILES string of the molecule is CCCS(=O)(=O)N[C@H]1C[C@@H](C)N(C(=O)OC)[C@H]1CO[C@H]1CC[C@]2(c3ncc(F)cn3)[C@H](C1)[C@@H]2C. The van der Waals surface area contributed by atoms with Gasteiger partial charge < -0.3 is 9.47 Å². The Balaban J connectivity index is 1.42. The highest BCUT2D eigenvalue weighted by Gasteiger charge is 2.66. The van der Waals surface area contributed by atoms with Gasteiger partial charge in [0.2, 0.25) is 10.0 Å². The minimum absolute atomic E-state index is 0.00757. The quantitative estimate of drug-likeness (QED) is 0.587. The zero-order valence-electron chi connectivity index (χ0n) is 20.2. The number of halogens is 1. The van der Waals surface area contributed by atoms with E-state index < -0.39 is 34.0 Å². The Morgan fingerprint density at radius 1 is 1.29 bits per heavy atom. The lowest BCUT2D eigenvalue weighted by molar-refractivity contribution is -0.0103. The first-order valence-electron chi connectivity index (χ1n) is 12.1. The second-order valence-electron chi connectivity index (χ2n) is 9.96. The maximum Gasteiger partial charge on any atom is 0.410 e. The minimum atomic E-state index is -3.45. The Morgan fingerprint density at radius 3 is 2.62 bits per heavy atom. The molecule has 34 heavy (non-hydrogen) atoms. The Bertz CT molecular complexity index is 994. The predicted molar refractivity (Wildman–Crippen MR) is 123 cm³/mol. The summed E-state index contributed by atoms with van der Waals surface area (Å²) in [6, 6.07) is -1.05. The monoisotopic (exact) mass is 498 g/mol. The molecule has 0 aromatic carbocycles. The van der Waals surface area contributed by atoms with Gasteiger partial charge >= 0.3 is 6.09 Å². The van der Waals surface area contributed by atoms with E-state index in [1.54, 1.807) is 4.90 Å². The maximum absolute atomic E-state index is 13.3. The van der Waals surface area contributed by atoms with E-state index in [4.69, 9.17) is 9.47 Å². The highest BCUT2D eigenvalue weighted by Crippen LogP contribution is 2.66.